The number of benzene rings is 2. The molecule has 2 fully saturated rings. The van der Waals surface area contributed by atoms with Crippen LogP contribution in [0.3, 0.4) is 0 Å². The predicted octanol–water partition coefficient (Wildman–Crippen LogP) is 4.47. The lowest BCUT2D eigenvalue weighted by Crippen LogP contribution is -2.56. The molecule has 1 aliphatic carbocycles. The summed E-state index contributed by atoms with van der Waals surface area (Å²) in [5.41, 5.74) is -0.224. The molecule has 3 aliphatic rings. The van der Waals surface area contributed by atoms with E-state index in [1.165, 1.54) is 31.4 Å². The Labute approximate surface area is 184 Å². The molecule has 5 atom stereocenters. The highest BCUT2D eigenvalue weighted by Crippen LogP contribution is 2.60. The van der Waals surface area contributed by atoms with Crippen molar-refractivity contribution >= 4 is 21.4 Å². The minimum Gasteiger partial charge on any atom is -0.490 e. The molecule has 2 aromatic carbocycles. The van der Waals surface area contributed by atoms with Gasteiger partial charge in [0, 0.05) is 24.5 Å². The summed E-state index contributed by atoms with van der Waals surface area (Å²) in [5, 5.41) is 0.383. The van der Waals surface area contributed by atoms with Crippen molar-refractivity contribution in [2.45, 2.75) is 41.3 Å². The van der Waals surface area contributed by atoms with Crippen molar-refractivity contribution in [2.24, 2.45) is 11.8 Å². The van der Waals surface area contributed by atoms with E-state index in [4.69, 9.17) is 25.8 Å². The second-order valence-electron chi connectivity index (χ2n) is 8.28. The van der Waals surface area contributed by atoms with Gasteiger partial charge in [-0.25, -0.2) is 17.2 Å². The third-order valence-corrected chi connectivity index (χ3v) is 9.76. The molecule has 0 spiro atoms. The summed E-state index contributed by atoms with van der Waals surface area (Å²) in [6, 6.07) is 7.70. The number of hydrogen-bond acceptors (Lipinski definition) is 5. The Balaban J connectivity index is 1.76. The van der Waals surface area contributed by atoms with Crippen molar-refractivity contribution in [1.29, 1.82) is 0 Å². The van der Waals surface area contributed by atoms with E-state index in [1.54, 1.807) is 0 Å². The number of methoxy groups -OCH3 is 1. The van der Waals surface area contributed by atoms with Gasteiger partial charge in [-0.3, -0.25) is 0 Å². The molecule has 0 aromatic heterocycles. The van der Waals surface area contributed by atoms with E-state index >= 15 is 4.39 Å². The van der Waals surface area contributed by atoms with E-state index in [-0.39, 0.29) is 41.3 Å². The molecule has 1 saturated heterocycles. The molecular formula is C22H21ClF2O5S. The Bertz CT molecular complexity index is 1120. The first-order valence-corrected chi connectivity index (χ1v) is 12.0. The van der Waals surface area contributed by atoms with E-state index in [0.29, 0.717) is 17.9 Å². The van der Waals surface area contributed by atoms with Crippen molar-refractivity contribution < 1.29 is 31.4 Å². The molecule has 1 saturated carbocycles. The summed E-state index contributed by atoms with van der Waals surface area (Å²) >= 11 is 5.96. The topological polar surface area (TPSA) is 61.8 Å². The molecule has 5 nitrogen and oxygen atoms in total. The molecule has 31 heavy (non-hydrogen) atoms. The van der Waals surface area contributed by atoms with Crippen molar-refractivity contribution in [2.75, 3.05) is 13.7 Å². The van der Waals surface area contributed by atoms with Gasteiger partial charge >= 0.3 is 0 Å². The second-order valence-corrected chi connectivity index (χ2v) is 10.9. The van der Waals surface area contributed by atoms with Crippen molar-refractivity contribution in [3.63, 3.8) is 0 Å². The van der Waals surface area contributed by atoms with Crippen molar-refractivity contribution in [3.8, 4) is 5.75 Å². The molecular weight excluding hydrogens is 450 g/mol. The standard InChI is InChI=1S/C22H21ClF2O5S/c1-28-19-10-14-15-11-29-21-17(25)7-6-16(24)20(21)22(15,9-8-18(14)30-19)31(26,27)13-4-2-12(23)3-5-13/h2-7,14-15,18-19H,8-11H2,1H3/t14-,15-,18+,19-,22-/m0/s1. The maximum Gasteiger partial charge on any atom is 0.188 e. The first kappa shape index (κ1) is 21.1. The average Bonchev–Trinajstić information content (AvgIpc) is 3.19. The van der Waals surface area contributed by atoms with E-state index in [1.807, 2.05) is 0 Å². The SMILES string of the molecule is CO[C@@H]1C[C@@H]2[C@@H](CC[C@@]3(S(=O)(=O)c4ccc(Cl)cc4)c4c(F)ccc(F)c4OC[C@@H]23)O1. The fourth-order valence-corrected chi connectivity index (χ4v) is 8.10. The number of halogens is 3. The summed E-state index contributed by atoms with van der Waals surface area (Å²) in [6.45, 7) is -0.0544. The van der Waals surface area contributed by atoms with Gasteiger partial charge in [0.05, 0.1) is 23.2 Å². The van der Waals surface area contributed by atoms with Crippen LogP contribution in [-0.4, -0.2) is 34.5 Å². The molecule has 0 radical (unpaired) electrons. The van der Waals surface area contributed by atoms with Crippen molar-refractivity contribution in [1.82, 2.24) is 0 Å². The Morgan fingerprint density at radius 2 is 1.84 bits per heavy atom. The van der Waals surface area contributed by atoms with E-state index < -0.39 is 38.4 Å². The average molecular weight is 471 g/mol. The van der Waals surface area contributed by atoms with Crippen molar-refractivity contribution in [3.05, 3.63) is 58.6 Å². The minimum absolute atomic E-state index is 0.0130. The highest BCUT2D eigenvalue weighted by Gasteiger charge is 2.64. The fraction of sp³-hybridized carbons (Fsp3) is 0.455. The molecule has 2 heterocycles. The number of sulfone groups is 1. The van der Waals surface area contributed by atoms with Crippen LogP contribution in [0.2, 0.25) is 5.02 Å². The van der Waals surface area contributed by atoms with Crippen LogP contribution in [0.25, 0.3) is 0 Å². The smallest absolute Gasteiger partial charge is 0.188 e. The Morgan fingerprint density at radius 3 is 2.55 bits per heavy atom. The Hall–Kier alpha value is -1.74. The van der Waals surface area contributed by atoms with Gasteiger partial charge in [0.2, 0.25) is 0 Å². The zero-order valence-electron chi connectivity index (χ0n) is 16.7. The summed E-state index contributed by atoms with van der Waals surface area (Å²) in [5.74, 6) is -2.76. The number of fused-ring (bicyclic) bond motifs is 5. The largest absolute Gasteiger partial charge is 0.490 e. The third kappa shape index (κ3) is 2.95. The first-order chi connectivity index (χ1) is 14.8. The quantitative estimate of drug-likeness (QED) is 0.662. The summed E-state index contributed by atoms with van der Waals surface area (Å²) < 4.78 is 73.5. The van der Waals surface area contributed by atoms with Gasteiger partial charge in [0.15, 0.2) is 27.7 Å². The highest BCUT2D eigenvalue weighted by molar-refractivity contribution is 7.92. The van der Waals surface area contributed by atoms with Gasteiger partial charge in [-0.05, 0) is 55.2 Å². The van der Waals surface area contributed by atoms with Gasteiger partial charge in [-0.15, -0.1) is 0 Å². The maximum atomic E-state index is 15.3. The van der Waals surface area contributed by atoms with Crippen LogP contribution in [-0.2, 0) is 24.1 Å². The van der Waals surface area contributed by atoms with E-state index in [0.717, 1.165) is 12.1 Å². The van der Waals surface area contributed by atoms with Crippen LogP contribution in [0.1, 0.15) is 24.8 Å². The molecule has 2 aromatic rings. The van der Waals surface area contributed by atoms with Crippen LogP contribution in [0.5, 0.6) is 5.75 Å². The normalized spacial score (nSPS) is 32.0. The van der Waals surface area contributed by atoms with Crippen LogP contribution in [0.4, 0.5) is 8.78 Å². The lowest BCUT2D eigenvalue weighted by atomic mass is 9.66. The molecule has 166 valence electrons. The highest BCUT2D eigenvalue weighted by atomic mass is 35.5. The van der Waals surface area contributed by atoms with Crippen LogP contribution < -0.4 is 4.74 Å². The first-order valence-electron chi connectivity index (χ1n) is 10.1. The zero-order valence-corrected chi connectivity index (χ0v) is 18.3. The number of ether oxygens (including phenoxy) is 3. The zero-order chi connectivity index (χ0) is 22.0. The summed E-state index contributed by atoms with van der Waals surface area (Å²) in [4.78, 5) is 0.0130. The molecule has 2 aliphatic heterocycles. The fourth-order valence-electron chi connectivity index (χ4n) is 5.57. The molecule has 5 rings (SSSR count). The van der Waals surface area contributed by atoms with Gasteiger partial charge in [0.1, 0.15) is 10.6 Å². The lowest BCUT2D eigenvalue weighted by molar-refractivity contribution is -0.123. The third-order valence-electron chi connectivity index (χ3n) is 6.94. The molecule has 9 heteroatoms. The van der Waals surface area contributed by atoms with Gasteiger partial charge in [-0.1, -0.05) is 11.6 Å². The van der Waals surface area contributed by atoms with E-state index in [2.05, 4.69) is 0 Å². The summed E-state index contributed by atoms with van der Waals surface area (Å²) in [6.07, 6.45) is 0.215. The molecule has 0 amide bonds. The van der Waals surface area contributed by atoms with E-state index in [9.17, 15) is 12.8 Å². The van der Waals surface area contributed by atoms with Gasteiger partial charge in [-0.2, -0.15) is 0 Å². The minimum atomic E-state index is -4.16. The summed E-state index contributed by atoms with van der Waals surface area (Å²) in [7, 11) is -2.63. The van der Waals surface area contributed by atoms with Crippen LogP contribution >= 0.6 is 11.6 Å². The Kier molecular flexibility index (Phi) is 5.04. The number of hydrogen-bond donors (Lipinski definition) is 0. The Morgan fingerprint density at radius 1 is 1.13 bits per heavy atom. The van der Waals surface area contributed by atoms with Gasteiger partial charge in [0.25, 0.3) is 0 Å². The molecule has 0 N–H and O–H groups in total. The monoisotopic (exact) mass is 470 g/mol. The number of rotatable bonds is 3. The second kappa shape index (κ2) is 7.40. The van der Waals surface area contributed by atoms with Gasteiger partial charge < -0.3 is 14.2 Å². The lowest BCUT2D eigenvalue weighted by Gasteiger charge is -2.50. The predicted molar refractivity (Wildman–Crippen MR) is 109 cm³/mol. The molecule has 0 unspecified atom stereocenters. The maximum absolute atomic E-state index is 15.3. The van der Waals surface area contributed by atoms with Crippen LogP contribution in [0.15, 0.2) is 41.3 Å². The van der Waals surface area contributed by atoms with Crippen LogP contribution in [0, 0.1) is 23.5 Å². The molecule has 0 bridgehead atoms.